The van der Waals surface area contributed by atoms with E-state index in [1.807, 2.05) is 35.7 Å². The molecule has 7 heteroatoms. The summed E-state index contributed by atoms with van der Waals surface area (Å²) in [7, 11) is 1.79. The highest BCUT2D eigenvalue weighted by atomic mass is 32.1. The molecule has 1 aromatic heterocycles. The monoisotopic (exact) mass is 372 g/mol. The van der Waals surface area contributed by atoms with E-state index in [0.29, 0.717) is 37.8 Å². The van der Waals surface area contributed by atoms with Crippen LogP contribution in [0.3, 0.4) is 0 Å². The van der Waals surface area contributed by atoms with Gasteiger partial charge in [-0.3, -0.25) is 9.59 Å². The summed E-state index contributed by atoms with van der Waals surface area (Å²) in [6.07, 6.45) is 0.238. The van der Waals surface area contributed by atoms with E-state index in [1.165, 1.54) is 0 Å². The van der Waals surface area contributed by atoms with Gasteiger partial charge >= 0.3 is 0 Å². The minimum absolute atomic E-state index is 0.00629. The molecule has 1 aromatic carbocycles. The van der Waals surface area contributed by atoms with E-state index >= 15 is 0 Å². The molecule has 0 N–H and O–H groups in total. The standard InChI is InChI=1S/C19H20N2O4S/c1-20(12-15-3-2-8-26-15)19(23)13-9-18(22)21(11-13)14-4-5-16-17(10-14)25-7-6-24-16/h2-5,8,10,13H,6-7,9,11-12H2,1H3. The molecule has 26 heavy (non-hydrogen) atoms. The van der Waals surface area contributed by atoms with Gasteiger partial charge in [0.2, 0.25) is 11.8 Å². The molecule has 0 spiro atoms. The molecule has 0 radical (unpaired) electrons. The molecule has 4 rings (SSSR count). The summed E-state index contributed by atoms with van der Waals surface area (Å²) in [6.45, 7) is 2.00. The SMILES string of the molecule is CN(Cc1cccs1)C(=O)C1CC(=O)N(c2ccc3c(c2)OCCO3)C1. The zero-order valence-corrected chi connectivity index (χ0v) is 15.3. The molecule has 2 aliphatic heterocycles. The summed E-state index contributed by atoms with van der Waals surface area (Å²) >= 11 is 1.63. The number of rotatable bonds is 4. The van der Waals surface area contributed by atoms with Crippen LogP contribution in [0.4, 0.5) is 5.69 Å². The predicted octanol–water partition coefficient (Wildman–Crippen LogP) is 2.53. The molecule has 1 atom stereocenters. The smallest absolute Gasteiger partial charge is 0.228 e. The van der Waals surface area contributed by atoms with E-state index < -0.39 is 0 Å². The fourth-order valence-electron chi connectivity index (χ4n) is 3.35. The van der Waals surface area contributed by atoms with Crippen molar-refractivity contribution in [1.29, 1.82) is 0 Å². The highest BCUT2D eigenvalue weighted by molar-refractivity contribution is 7.09. The lowest BCUT2D eigenvalue weighted by Gasteiger charge is -2.23. The summed E-state index contributed by atoms with van der Waals surface area (Å²) in [5, 5.41) is 2.00. The van der Waals surface area contributed by atoms with Gasteiger partial charge in [0.25, 0.3) is 0 Å². The van der Waals surface area contributed by atoms with Crippen molar-refractivity contribution < 1.29 is 19.1 Å². The van der Waals surface area contributed by atoms with Crippen molar-refractivity contribution >= 4 is 28.8 Å². The fourth-order valence-corrected chi connectivity index (χ4v) is 4.11. The predicted molar refractivity (Wildman–Crippen MR) is 98.7 cm³/mol. The molecule has 1 saturated heterocycles. The number of ether oxygens (including phenoxy) is 2. The van der Waals surface area contributed by atoms with Crippen LogP contribution in [-0.4, -0.2) is 43.5 Å². The minimum Gasteiger partial charge on any atom is -0.486 e. The van der Waals surface area contributed by atoms with Gasteiger partial charge in [0, 0.05) is 36.6 Å². The van der Waals surface area contributed by atoms with Gasteiger partial charge in [-0.25, -0.2) is 0 Å². The van der Waals surface area contributed by atoms with Crippen LogP contribution in [-0.2, 0) is 16.1 Å². The summed E-state index contributed by atoms with van der Waals surface area (Å²) in [5.41, 5.74) is 0.746. The molecular formula is C19H20N2O4S. The van der Waals surface area contributed by atoms with Crippen LogP contribution in [0.25, 0.3) is 0 Å². The van der Waals surface area contributed by atoms with E-state index in [4.69, 9.17) is 9.47 Å². The fraction of sp³-hybridized carbons (Fsp3) is 0.368. The molecule has 2 aromatic rings. The number of fused-ring (bicyclic) bond motifs is 1. The maximum atomic E-state index is 12.7. The number of hydrogen-bond donors (Lipinski definition) is 0. The van der Waals surface area contributed by atoms with Gasteiger partial charge in [0.05, 0.1) is 12.5 Å². The van der Waals surface area contributed by atoms with E-state index in [1.54, 1.807) is 28.2 Å². The molecule has 2 aliphatic rings. The van der Waals surface area contributed by atoms with Crippen LogP contribution in [0, 0.1) is 5.92 Å². The third-order valence-electron chi connectivity index (χ3n) is 4.66. The van der Waals surface area contributed by atoms with Crippen LogP contribution in [0.2, 0.25) is 0 Å². The van der Waals surface area contributed by atoms with Crippen molar-refractivity contribution in [3.63, 3.8) is 0 Å². The van der Waals surface area contributed by atoms with Gasteiger partial charge in [-0.1, -0.05) is 6.07 Å². The van der Waals surface area contributed by atoms with Crippen molar-refractivity contribution in [1.82, 2.24) is 4.90 Å². The molecule has 6 nitrogen and oxygen atoms in total. The van der Waals surface area contributed by atoms with Crippen molar-refractivity contribution in [2.75, 3.05) is 31.7 Å². The maximum absolute atomic E-state index is 12.7. The molecule has 2 amide bonds. The Hall–Kier alpha value is -2.54. The van der Waals surface area contributed by atoms with Crippen molar-refractivity contribution in [2.45, 2.75) is 13.0 Å². The van der Waals surface area contributed by atoms with Gasteiger partial charge in [0.1, 0.15) is 13.2 Å². The highest BCUT2D eigenvalue weighted by Crippen LogP contribution is 2.36. The molecule has 0 aliphatic carbocycles. The number of benzene rings is 1. The first kappa shape index (κ1) is 16.9. The van der Waals surface area contributed by atoms with Gasteiger partial charge in [-0.2, -0.15) is 0 Å². The Bertz CT molecular complexity index is 821. The Kier molecular flexibility index (Phi) is 4.55. The molecule has 3 heterocycles. The van der Waals surface area contributed by atoms with E-state index in [0.717, 1.165) is 10.6 Å². The average molecular weight is 372 g/mol. The van der Waals surface area contributed by atoms with E-state index in [9.17, 15) is 9.59 Å². The number of carbonyl (C=O) groups excluding carboxylic acids is 2. The van der Waals surface area contributed by atoms with Crippen molar-refractivity contribution in [2.24, 2.45) is 5.92 Å². The zero-order chi connectivity index (χ0) is 18.1. The summed E-state index contributed by atoms with van der Waals surface area (Å²) in [6, 6.07) is 9.45. The number of thiophene rings is 1. The Labute approximate surface area is 155 Å². The second-order valence-corrected chi connectivity index (χ2v) is 7.54. The van der Waals surface area contributed by atoms with Crippen molar-refractivity contribution in [3.05, 3.63) is 40.6 Å². The Morgan fingerprint density at radius 3 is 2.85 bits per heavy atom. The number of carbonyl (C=O) groups is 2. The quantitative estimate of drug-likeness (QED) is 0.828. The summed E-state index contributed by atoms with van der Waals surface area (Å²) in [5.74, 6) is 0.984. The lowest BCUT2D eigenvalue weighted by atomic mass is 10.1. The third-order valence-corrected chi connectivity index (χ3v) is 5.52. The first-order valence-electron chi connectivity index (χ1n) is 8.59. The third kappa shape index (κ3) is 3.26. The lowest BCUT2D eigenvalue weighted by molar-refractivity contribution is -0.135. The normalized spacial score (nSPS) is 18.9. The van der Waals surface area contributed by atoms with Gasteiger partial charge < -0.3 is 19.3 Å². The molecule has 1 unspecified atom stereocenters. The summed E-state index contributed by atoms with van der Waals surface area (Å²) in [4.78, 5) is 29.7. The highest BCUT2D eigenvalue weighted by Gasteiger charge is 2.37. The van der Waals surface area contributed by atoms with E-state index in [-0.39, 0.29) is 24.2 Å². The zero-order valence-electron chi connectivity index (χ0n) is 14.5. The summed E-state index contributed by atoms with van der Waals surface area (Å²) < 4.78 is 11.1. The van der Waals surface area contributed by atoms with Gasteiger partial charge in [-0.05, 0) is 23.6 Å². The average Bonchev–Trinajstić information content (AvgIpc) is 3.30. The lowest BCUT2D eigenvalue weighted by Crippen LogP contribution is -2.34. The van der Waals surface area contributed by atoms with Crippen LogP contribution in [0.1, 0.15) is 11.3 Å². The van der Waals surface area contributed by atoms with Crippen LogP contribution < -0.4 is 14.4 Å². The molecule has 136 valence electrons. The largest absolute Gasteiger partial charge is 0.486 e. The Balaban J connectivity index is 1.45. The van der Waals surface area contributed by atoms with Crippen LogP contribution in [0.5, 0.6) is 11.5 Å². The Morgan fingerprint density at radius 1 is 1.27 bits per heavy atom. The molecule has 1 fully saturated rings. The second-order valence-electron chi connectivity index (χ2n) is 6.51. The molecular weight excluding hydrogens is 352 g/mol. The molecule has 0 bridgehead atoms. The number of nitrogens with zero attached hydrogens (tertiary/aromatic N) is 2. The minimum atomic E-state index is -0.319. The maximum Gasteiger partial charge on any atom is 0.228 e. The Morgan fingerprint density at radius 2 is 2.08 bits per heavy atom. The number of hydrogen-bond acceptors (Lipinski definition) is 5. The number of amides is 2. The first-order valence-corrected chi connectivity index (χ1v) is 9.47. The van der Waals surface area contributed by atoms with Crippen molar-refractivity contribution in [3.8, 4) is 11.5 Å². The second kappa shape index (κ2) is 6.99. The van der Waals surface area contributed by atoms with Crippen LogP contribution in [0.15, 0.2) is 35.7 Å². The first-order chi connectivity index (χ1) is 12.6. The van der Waals surface area contributed by atoms with E-state index in [2.05, 4.69) is 0 Å². The molecule has 0 saturated carbocycles. The van der Waals surface area contributed by atoms with Crippen LogP contribution >= 0.6 is 11.3 Å². The topological polar surface area (TPSA) is 59.1 Å². The van der Waals surface area contributed by atoms with Gasteiger partial charge in [-0.15, -0.1) is 11.3 Å². The van der Waals surface area contributed by atoms with Gasteiger partial charge in [0.15, 0.2) is 11.5 Å². The number of anilines is 1.